The van der Waals surface area contributed by atoms with Crippen LogP contribution in [0, 0.1) is 0 Å². The van der Waals surface area contributed by atoms with Crippen LogP contribution in [0.2, 0.25) is 5.28 Å². The molecule has 0 aliphatic carbocycles. The molecule has 1 saturated heterocycles. The summed E-state index contributed by atoms with van der Waals surface area (Å²) in [7, 11) is 0. The first-order valence-electron chi connectivity index (χ1n) is 13.3. The number of piperazine rings is 1. The molecule has 5 heterocycles. The van der Waals surface area contributed by atoms with Crippen molar-refractivity contribution >= 4 is 61.7 Å². The lowest BCUT2D eigenvalue weighted by molar-refractivity contribution is 0.0138. The second-order valence-electron chi connectivity index (χ2n) is 10.8. The molecule has 12 nitrogen and oxygen atoms in total. The lowest BCUT2D eigenvalue weighted by Gasteiger charge is -2.35. The third-order valence-electron chi connectivity index (χ3n) is 6.68. The van der Waals surface area contributed by atoms with Crippen molar-refractivity contribution in [1.82, 2.24) is 35.1 Å². The van der Waals surface area contributed by atoms with Gasteiger partial charge < -0.3 is 25.0 Å². The number of fused-ring (bicyclic) bond motifs is 5. The summed E-state index contributed by atoms with van der Waals surface area (Å²) in [5, 5.41) is 7.19. The molecule has 4 aromatic rings. The highest BCUT2D eigenvalue weighted by Gasteiger charge is 2.27. The van der Waals surface area contributed by atoms with Crippen molar-refractivity contribution in [2.45, 2.75) is 32.9 Å². The topological polar surface area (TPSA) is 135 Å². The van der Waals surface area contributed by atoms with Gasteiger partial charge in [0.2, 0.25) is 17.0 Å². The van der Waals surface area contributed by atoms with Crippen LogP contribution >= 0.6 is 22.9 Å². The quantitative estimate of drug-likeness (QED) is 0.328. The summed E-state index contributed by atoms with van der Waals surface area (Å²) in [5.41, 5.74) is 2.29. The van der Waals surface area contributed by atoms with Crippen LogP contribution in [-0.2, 0) is 11.3 Å². The molecule has 2 aliphatic heterocycles. The Kier molecular flexibility index (Phi) is 7.26. The number of hydrogen-bond donors (Lipinski definition) is 2. The third kappa shape index (κ3) is 5.83. The van der Waals surface area contributed by atoms with Crippen molar-refractivity contribution in [1.29, 1.82) is 0 Å². The molecule has 2 amide bonds. The van der Waals surface area contributed by atoms with Crippen molar-refractivity contribution in [2.75, 3.05) is 44.6 Å². The molecule has 0 radical (unpaired) electrons. The third-order valence-corrected chi connectivity index (χ3v) is 8.01. The van der Waals surface area contributed by atoms with Crippen molar-refractivity contribution in [3.05, 3.63) is 40.3 Å². The highest BCUT2D eigenvalue weighted by atomic mass is 35.5. The van der Waals surface area contributed by atoms with Crippen LogP contribution in [0.15, 0.2) is 24.5 Å². The molecule has 6 rings (SSSR count). The van der Waals surface area contributed by atoms with Gasteiger partial charge in [0.05, 0.1) is 22.9 Å². The predicted molar refractivity (Wildman–Crippen MR) is 156 cm³/mol. The van der Waals surface area contributed by atoms with E-state index in [1.807, 2.05) is 32.9 Å². The number of aromatic nitrogens is 4. The Bertz CT molecular complexity index is 1650. The highest BCUT2D eigenvalue weighted by Crippen LogP contribution is 2.40. The van der Waals surface area contributed by atoms with E-state index in [1.54, 1.807) is 17.3 Å². The maximum Gasteiger partial charge on any atom is 0.410 e. The van der Waals surface area contributed by atoms with E-state index in [1.165, 1.54) is 11.3 Å². The smallest absolute Gasteiger partial charge is 0.410 e. The minimum atomic E-state index is -0.533. The van der Waals surface area contributed by atoms with Crippen molar-refractivity contribution < 1.29 is 19.1 Å². The van der Waals surface area contributed by atoms with Gasteiger partial charge in [-0.1, -0.05) is 0 Å². The Morgan fingerprint density at radius 3 is 2.63 bits per heavy atom. The van der Waals surface area contributed by atoms with Crippen LogP contribution < -0.4 is 15.4 Å². The van der Waals surface area contributed by atoms with Crippen molar-refractivity contribution in [2.24, 2.45) is 0 Å². The SMILES string of the molecule is CC(C)(C)OC(=O)N1CCN(Cc2cnc(Cl)nc2Oc2cnc3c(ccc4sc5c(c43)NCCNC5=O)n2)CC1. The lowest BCUT2D eigenvalue weighted by Crippen LogP contribution is -2.49. The van der Waals surface area contributed by atoms with E-state index in [9.17, 15) is 9.59 Å². The molecule has 0 unspecified atom stereocenters. The molecule has 3 aromatic heterocycles. The zero-order valence-electron chi connectivity index (χ0n) is 22.9. The number of rotatable bonds is 4. The van der Waals surface area contributed by atoms with Crippen LogP contribution in [0.1, 0.15) is 36.0 Å². The summed E-state index contributed by atoms with van der Waals surface area (Å²) in [5.74, 6) is 0.457. The number of carbonyl (C=O) groups excluding carboxylic acids is 2. The second-order valence-corrected chi connectivity index (χ2v) is 12.2. The van der Waals surface area contributed by atoms with Crippen LogP contribution in [0.3, 0.4) is 0 Å². The van der Waals surface area contributed by atoms with Gasteiger partial charge in [-0.15, -0.1) is 11.3 Å². The fourth-order valence-corrected chi connectivity index (χ4v) is 6.02. The highest BCUT2D eigenvalue weighted by molar-refractivity contribution is 7.21. The van der Waals surface area contributed by atoms with Gasteiger partial charge in [0.15, 0.2) is 0 Å². The number of nitrogens with one attached hydrogen (secondary N) is 2. The number of thiophene rings is 1. The Morgan fingerprint density at radius 2 is 1.85 bits per heavy atom. The zero-order valence-corrected chi connectivity index (χ0v) is 24.4. The Hall–Kier alpha value is -3.81. The molecule has 1 aromatic carbocycles. The van der Waals surface area contributed by atoms with E-state index < -0.39 is 5.60 Å². The number of nitrogens with zero attached hydrogens (tertiary/aromatic N) is 6. The second kappa shape index (κ2) is 10.9. The molecule has 214 valence electrons. The molecular weight excluding hydrogens is 568 g/mol. The number of halogens is 1. The summed E-state index contributed by atoms with van der Waals surface area (Å²) in [6.07, 6.45) is 2.88. The monoisotopic (exact) mass is 596 g/mol. The molecule has 14 heteroatoms. The summed E-state index contributed by atoms with van der Waals surface area (Å²) < 4.78 is 12.5. The Morgan fingerprint density at radius 1 is 1.07 bits per heavy atom. The minimum absolute atomic E-state index is 0.0549. The van der Waals surface area contributed by atoms with E-state index in [0.717, 1.165) is 21.3 Å². The maximum absolute atomic E-state index is 12.5. The number of amides is 2. The minimum Gasteiger partial charge on any atom is -0.444 e. The molecule has 0 spiro atoms. The number of carbonyl (C=O) groups is 2. The van der Waals surface area contributed by atoms with Gasteiger partial charge in [0.25, 0.3) is 5.91 Å². The summed E-state index contributed by atoms with van der Waals surface area (Å²) in [6.45, 7) is 9.67. The van der Waals surface area contributed by atoms with Crippen LogP contribution in [0.5, 0.6) is 11.8 Å². The first-order chi connectivity index (χ1) is 19.6. The standard InChI is InChI=1S/C27H29ClN8O4S/c1-27(2,3)40-26(38)36-10-8-35(9-11-36)14-15-12-32-25(28)34-24(15)39-18-13-31-20-16(33-18)4-5-17-19(20)21-22(41-17)23(37)30-7-6-29-21/h4-5,12-13,29H,6-11,14H2,1-3H3,(H,30,37). The van der Waals surface area contributed by atoms with Crippen molar-refractivity contribution in [3.8, 4) is 11.8 Å². The van der Waals surface area contributed by atoms with Gasteiger partial charge in [0.1, 0.15) is 10.5 Å². The van der Waals surface area contributed by atoms with E-state index in [2.05, 4.69) is 35.5 Å². The normalized spacial score (nSPS) is 16.2. The zero-order chi connectivity index (χ0) is 28.7. The van der Waals surface area contributed by atoms with Gasteiger partial charge in [-0.25, -0.2) is 19.7 Å². The van der Waals surface area contributed by atoms with Gasteiger partial charge in [-0.3, -0.25) is 9.69 Å². The van der Waals surface area contributed by atoms with Crippen LogP contribution in [0.4, 0.5) is 10.5 Å². The average molecular weight is 597 g/mol. The van der Waals surface area contributed by atoms with Crippen LogP contribution in [0.25, 0.3) is 21.1 Å². The Labute approximate surface area is 245 Å². The van der Waals surface area contributed by atoms with Gasteiger partial charge in [0, 0.05) is 67.7 Å². The molecule has 0 bridgehead atoms. The number of hydrogen-bond acceptors (Lipinski definition) is 11. The number of anilines is 1. The fraction of sp³-hybridized carbons (Fsp3) is 0.407. The molecular formula is C27H29ClN8O4S. The molecule has 2 aliphatic rings. The van der Waals surface area contributed by atoms with E-state index in [0.29, 0.717) is 61.7 Å². The van der Waals surface area contributed by atoms with E-state index >= 15 is 0 Å². The molecule has 0 saturated carbocycles. The molecule has 2 N–H and O–H groups in total. The lowest BCUT2D eigenvalue weighted by atomic mass is 10.1. The van der Waals surface area contributed by atoms with Crippen LogP contribution in [-0.4, -0.2) is 86.6 Å². The predicted octanol–water partition coefficient (Wildman–Crippen LogP) is 4.29. The first-order valence-corrected chi connectivity index (χ1v) is 14.5. The van der Waals surface area contributed by atoms with Gasteiger partial charge in [-0.05, 0) is 44.5 Å². The number of ether oxygens (including phenoxy) is 2. The summed E-state index contributed by atoms with van der Waals surface area (Å²) in [6, 6.07) is 3.80. The average Bonchev–Trinajstić information content (AvgIpc) is 3.21. The fourth-order valence-electron chi connectivity index (χ4n) is 4.80. The van der Waals surface area contributed by atoms with E-state index in [-0.39, 0.29) is 29.0 Å². The largest absolute Gasteiger partial charge is 0.444 e. The first kappa shape index (κ1) is 27.4. The summed E-state index contributed by atoms with van der Waals surface area (Å²) >= 11 is 7.55. The summed E-state index contributed by atoms with van der Waals surface area (Å²) in [4.78, 5) is 47.3. The molecule has 1 fully saturated rings. The van der Waals surface area contributed by atoms with Crippen molar-refractivity contribution in [3.63, 3.8) is 0 Å². The molecule has 41 heavy (non-hydrogen) atoms. The van der Waals surface area contributed by atoms with Gasteiger partial charge >= 0.3 is 6.09 Å². The van der Waals surface area contributed by atoms with Gasteiger partial charge in [-0.2, -0.15) is 4.98 Å². The van der Waals surface area contributed by atoms with E-state index in [4.69, 9.17) is 21.1 Å². The Balaban J connectivity index is 1.21. The maximum atomic E-state index is 12.5. The molecule has 0 atom stereocenters. The number of benzene rings is 1.